The summed E-state index contributed by atoms with van der Waals surface area (Å²) in [6.45, 7) is 2.95. The minimum Gasteiger partial charge on any atom is -0.206 e. The van der Waals surface area contributed by atoms with E-state index in [0.717, 1.165) is 13.3 Å². The molecular formula is C11H12F4. The van der Waals surface area contributed by atoms with Gasteiger partial charge in [-0.05, 0) is 19.8 Å². The van der Waals surface area contributed by atoms with Crippen LogP contribution in [0.3, 0.4) is 0 Å². The molecule has 0 atom stereocenters. The Balaban J connectivity index is 3.26. The minimum absolute atomic E-state index is 0.0895. The Hall–Kier alpha value is -1.06. The molecule has 0 saturated heterocycles. The third-order valence-corrected chi connectivity index (χ3v) is 2.35. The molecule has 0 fully saturated rings. The molecule has 0 bridgehead atoms. The summed E-state index contributed by atoms with van der Waals surface area (Å²) in [5.74, 6) is -5.39. The molecular weight excluding hydrogens is 208 g/mol. The average molecular weight is 220 g/mol. The maximum atomic E-state index is 13.4. The number of rotatable bonds is 3. The van der Waals surface area contributed by atoms with Gasteiger partial charge in [-0.15, -0.1) is 0 Å². The molecule has 0 saturated carbocycles. The van der Waals surface area contributed by atoms with Crippen LogP contribution in [0.15, 0.2) is 0 Å². The van der Waals surface area contributed by atoms with Gasteiger partial charge in [0.25, 0.3) is 0 Å². The van der Waals surface area contributed by atoms with Crippen LogP contribution in [0.5, 0.6) is 0 Å². The summed E-state index contributed by atoms with van der Waals surface area (Å²) in [6, 6.07) is 0. The highest BCUT2D eigenvalue weighted by molar-refractivity contribution is 5.29. The second-order valence-electron chi connectivity index (χ2n) is 3.46. The summed E-state index contributed by atoms with van der Waals surface area (Å²) in [4.78, 5) is 0. The number of hydrogen-bond acceptors (Lipinski definition) is 0. The van der Waals surface area contributed by atoms with E-state index in [0.29, 0.717) is 6.42 Å². The Morgan fingerprint density at radius 1 is 0.867 bits per heavy atom. The van der Waals surface area contributed by atoms with Crippen molar-refractivity contribution in [3.05, 3.63) is 34.4 Å². The monoisotopic (exact) mass is 220 g/mol. The highest BCUT2D eigenvalue weighted by atomic mass is 19.2. The highest BCUT2D eigenvalue weighted by Crippen LogP contribution is 2.24. The van der Waals surface area contributed by atoms with E-state index >= 15 is 0 Å². The molecule has 1 rings (SSSR count). The van der Waals surface area contributed by atoms with Gasteiger partial charge in [-0.3, -0.25) is 0 Å². The van der Waals surface area contributed by atoms with Crippen LogP contribution in [-0.4, -0.2) is 0 Å². The zero-order chi connectivity index (χ0) is 11.6. The Bertz CT molecular complexity index is 342. The Morgan fingerprint density at radius 2 is 1.47 bits per heavy atom. The number of benzene rings is 1. The normalized spacial score (nSPS) is 10.8. The SMILES string of the molecule is CCCCc1c(F)c(C)c(F)c(F)c1F. The van der Waals surface area contributed by atoms with Crippen molar-refractivity contribution < 1.29 is 17.6 Å². The summed E-state index contributed by atoms with van der Waals surface area (Å²) >= 11 is 0. The molecule has 0 heterocycles. The number of halogens is 4. The summed E-state index contributed by atoms with van der Waals surface area (Å²) in [5, 5.41) is 0. The minimum atomic E-state index is -1.58. The second kappa shape index (κ2) is 4.64. The first kappa shape index (κ1) is 12.0. The molecule has 0 unspecified atom stereocenters. The van der Waals surface area contributed by atoms with Crippen LogP contribution in [0.4, 0.5) is 17.6 Å². The van der Waals surface area contributed by atoms with Gasteiger partial charge >= 0.3 is 0 Å². The lowest BCUT2D eigenvalue weighted by molar-refractivity contribution is 0.417. The first-order valence-corrected chi connectivity index (χ1v) is 4.82. The van der Waals surface area contributed by atoms with E-state index in [-0.39, 0.29) is 12.0 Å². The van der Waals surface area contributed by atoms with Crippen molar-refractivity contribution in [3.8, 4) is 0 Å². The second-order valence-corrected chi connectivity index (χ2v) is 3.46. The fraction of sp³-hybridized carbons (Fsp3) is 0.455. The Morgan fingerprint density at radius 3 is 2.00 bits per heavy atom. The quantitative estimate of drug-likeness (QED) is 0.412. The van der Waals surface area contributed by atoms with E-state index < -0.39 is 28.8 Å². The van der Waals surface area contributed by atoms with E-state index in [2.05, 4.69) is 0 Å². The van der Waals surface area contributed by atoms with E-state index in [4.69, 9.17) is 0 Å². The lowest BCUT2D eigenvalue weighted by atomic mass is 10.0. The maximum Gasteiger partial charge on any atom is 0.195 e. The maximum absolute atomic E-state index is 13.4. The zero-order valence-electron chi connectivity index (χ0n) is 8.63. The smallest absolute Gasteiger partial charge is 0.195 e. The van der Waals surface area contributed by atoms with E-state index in [9.17, 15) is 17.6 Å². The fourth-order valence-corrected chi connectivity index (χ4v) is 1.39. The van der Waals surface area contributed by atoms with Crippen molar-refractivity contribution in [3.63, 3.8) is 0 Å². The number of hydrogen-bond donors (Lipinski definition) is 0. The molecule has 84 valence electrons. The van der Waals surface area contributed by atoms with Crippen molar-refractivity contribution in [2.24, 2.45) is 0 Å². The molecule has 0 aliphatic carbocycles. The zero-order valence-corrected chi connectivity index (χ0v) is 8.63. The van der Waals surface area contributed by atoms with Crippen LogP contribution in [0, 0.1) is 30.2 Å². The topological polar surface area (TPSA) is 0 Å². The van der Waals surface area contributed by atoms with Gasteiger partial charge in [-0.25, -0.2) is 17.6 Å². The van der Waals surface area contributed by atoms with Crippen molar-refractivity contribution in [1.29, 1.82) is 0 Å². The van der Waals surface area contributed by atoms with Gasteiger partial charge in [0.1, 0.15) is 5.82 Å². The summed E-state index contributed by atoms with van der Waals surface area (Å²) in [7, 11) is 0. The van der Waals surface area contributed by atoms with Crippen molar-refractivity contribution in [2.75, 3.05) is 0 Å². The van der Waals surface area contributed by atoms with E-state index in [1.54, 1.807) is 0 Å². The third kappa shape index (κ3) is 2.13. The molecule has 0 radical (unpaired) electrons. The van der Waals surface area contributed by atoms with Crippen molar-refractivity contribution >= 4 is 0 Å². The predicted octanol–water partition coefficient (Wildman–Crippen LogP) is 3.89. The first-order chi connectivity index (χ1) is 7.00. The van der Waals surface area contributed by atoms with Gasteiger partial charge in [0.2, 0.25) is 0 Å². The van der Waals surface area contributed by atoms with Crippen LogP contribution in [0.25, 0.3) is 0 Å². The summed E-state index contributed by atoms with van der Waals surface area (Å²) < 4.78 is 52.4. The van der Waals surface area contributed by atoms with Crippen LogP contribution in [0.2, 0.25) is 0 Å². The number of unbranched alkanes of at least 4 members (excludes halogenated alkanes) is 1. The highest BCUT2D eigenvalue weighted by Gasteiger charge is 2.22. The largest absolute Gasteiger partial charge is 0.206 e. The molecule has 0 aliphatic rings. The molecule has 0 nitrogen and oxygen atoms in total. The van der Waals surface area contributed by atoms with Crippen LogP contribution >= 0.6 is 0 Å². The summed E-state index contributed by atoms with van der Waals surface area (Å²) in [6.07, 6.45) is 1.36. The van der Waals surface area contributed by atoms with Gasteiger partial charge in [-0.1, -0.05) is 13.3 Å². The molecule has 0 aliphatic heterocycles. The Labute approximate surface area is 85.9 Å². The molecule has 0 amide bonds. The lowest BCUT2D eigenvalue weighted by Crippen LogP contribution is -2.06. The molecule has 1 aromatic rings. The van der Waals surface area contributed by atoms with Crippen molar-refractivity contribution in [1.82, 2.24) is 0 Å². The van der Waals surface area contributed by atoms with Gasteiger partial charge in [0.15, 0.2) is 17.5 Å². The molecule has 1 aromatic carbocycles. The first-order valence-electron chi connectivity index (χ1n) is 4.82. The van der Waals surface area contributed by atoms with Gasteiger partial charge in [0.05, 0.1) is 0 Å². The van der Waals surface area contributed by atoms with Gasteiger partial charge in [0, 0.05) is 11.1 Å². The van der Waals surface area contributed by atoms with Gasteiger partial charge in [-0.2, -0.15) is 0 Å². The molecule has 4 heteroatoms. The molecule has 0 spiro atoms. The van der Waals surface area contributed by atoms with Crippen LogP contribution in [-0.2, 0) is 6.42 Å². The fourth-order valence-electron chi connectivity index (χ4n) is 1.39. The lowest BCUT2D eigenvalue weighted by Gasteiger charge is -2.09. The van der Waals surface area contributed by atoms with E-state index in [1.165, 1.54) is 0 Å². The molecule has 0 aromatic heterocycles. The average Bonchev–Trinajstić information content (AvgIpc) is 2.24. The summed E-state index contributed by atoms with van der Waals surface area (Å²) in [5.41, 5.74) is -0.812. The molecule has 15 heavy (non-hydrogen) atoms. The van der Waals surface area contributed by atoms with Gasteiger partial charge < -0.3 is 0 Å². The van der Waals surface area contributed by atoms with Crippen molar-refractivity contribution in [2.45, 2.75) is 33.1 Å². The molecule has 0 N–H and O–H groups in total. The third-order valence-electron chi connectivity index (χ3n) is 2.35. The van der Waals surface area contributed by atoms with Crippen LogP contribution < -0.4 is 0 Å². The Kier molecular flexibility index (Phi) is 3.72. The van der Waals surface area contributed by atoms with Crippen LogP contribution in [0.1, 0.15) is 30.9 Å². The van der Waals surface area contributed by atoms with E-state index in [1.807, 2.05) is 6.92 Å². The standard InChI is InChI=1S/C11H12F4/c1-3-4-5-7-8(12)6(2)9(13)11(15)10(7)14/h3-5H2,1-2H3. The predicted molar refractivity (Wildman–Crippen MR) is 49.6 cm³/mol.